The van der Waals surface area contributed by atoms with Gasteiger partial charge in [-0.15, -0.1) is 0 Å². The van der Waals surface area contributed by atoms with Gasteiger partial charge in [-0.25, -0.2) is 4.89 Å². The van der Waals surface area contributed by atoms with Crippen LogP contribution in [0.5, 0.6) is 5.75 Å². The second-order valence-corrected chi connectivity index (χ2v) is 10.3. The number of hydrogen-bond donors (Lipinski definition) is 1. The second-order valence-electron chi connectivity index (χ2n) is 8.46. The molecular weight excluding hydrogens is 564 g/mol. The first kappa shape index (κ1) is 28.8. The van der Waals surface area contributed by atoms with E-state index >= 15 is 0 Å². The van der Waals surface area contributed by atoms with E-state index in [-0.39, 0.29) is 19.2 Å². The summed E-state index contributed by atoms with van der Waals surface area (Å²) in [5.74, 6) is -0.191. The van der Waals surface area contributed by atoms with Gasteiger partial charge in [-0.3, -0.25) is 10.1 Å². The van der Waals surface area contributed by atoms with E-state index in [2.05, 4.69) is 38.8 Å². The van der Waals surface area contributed by atoms with E-state index in [1.807, 2.05) is 48.5 Å². The fraction of sp³-hybridized carbons (Fsp3) is 0.519. The Kier molecular flexibility index (Phi) is 14.5. The van der Waals surface area contributed by atoms with E-state index in [1.165, 1.54) is 25.7 Å². The van der Waals surface area contributed by atoms with Crippen molar-refractivity contribution in [2.24, 2.45) is 5.92 Å². The van der Waals surface area contributed by atoms with Crippen molar-refractivity contribution in [2.75, 3.05) is 13.2 Å². The lowest BCUT2D eigenvalue weighted by Gasteiger charge is -2.23. The summed E-state index contributed by atoms with van der Waals surface area (Å²) in [6.45, 7) is 2.61. The summed E-state index contributed by atoms with van der Waals surface area (Å²) in [4.78, 5) is 17.8. The fourth-order valence-corrected chi connectivity index (χ4v) is 4.35. The minimum atomic E-state index is -0.666. The summed E-state index contributed by atoms with van der Waals surface area (Å²) in [6, 6.07) is 15.3. The average Bonchev–Trinajstić information content (AvgIpc) is 2.84. The van der Waals surface area contributed by atoms with Gasteiger partial charge in [-0.05, 0) is 48.4 Å². The van der Waals surface area contributed by atoms with Crippen LogP contribution in [-0.2, 0) is 20.8 Å². The molecule has 2 aromatic rings. The molecule has 0 saturated carbocycles. The van der Waals surface area contributed by atoms with Gasteiger partial charge in [0.1, 0.15) is 25.1 Å². The molecule has 0 spiro atoms. The second kappa shape index (κ2) is 17.1. The number of carbonyl (C=O) groups is 1. The Hall–Kier alpha value is -1.41. The van der Waals surface area contributed by atoms with Crippen LogP contribution in [0.1, 0.15) is 63.9 Å². The SMILES string of the molecule is CCCCCCCCCC(C(=O)OCCOc1ccc(Br)cc1)C(Cc1ccc(Br)cc1)OO. The van der Waals surface area contributed by atoms with E-state index in [4.69, 9.17) is 14.4 Å². The number of esters is 1. The standard InChI is InChI=1S/C27H36Br2O5/c1-2-3-4-5-6-7-8-9-25(26(34-31)20-21-10-12-22(28)13-11-21)27(30)33-19-18-32-24-16-14-23(29)15-17-24/h10-17,25-26,31H,2-9,18-20H2,1H3. The Morgan fingerprint density at radius 3 is 2.06 bits per heavy atom. The predicted octanol–water partition coefficient (Wildman–Crippen LogP) is 7.99. The smallest absolute Gasteiger partial charge is 0.311 e. The molecule has 1 N–H and O–H groups in total. The summed E-state index contributed by atoms with van der Waals surface area (Å²) in [7, 11) is 0. The fourth-order valence-electron chi connectivity index (χ4n) is 3.82. The zero-order valence-corrected chi connectivity index (χ0v) is 23.1. The van der Waals surface area contributed by atoms with Crippen molar-refractivity contribution in [2.45, 2.75) is 70.8 Å². The van der Waals surface area contributed by atoms with E-state index in [0.29, 0.717) is 18.6 Å². The first-order chi connectivity index (χ1) is 16.5. The lowest BCUT2D eigenvalue weighted by Crippen LogP contribution is -2.34. The van der Waals surface area contributed by atoms with Crippen LogP contribution in [0.2, 0.25) is 0 Å². The van der Waals surface area contributed by atoms with Gasteiger partial charge in [0.25, 0.3) is 0 Å². The Balaban J connectivity index is 1.89. The molecule has 0 saturated heterocycles. The first-order valence-electron chi connectivity index (χ1n) is 12.1. The van der Waals surface area contributed by atoms with Crippen LogP contribution in [0, 0.1) is 5.92 Å². The van der Waals surface area contributed by atoms with Crippen molar-refractivity contribution in [3.63, 3.8) is 0 Å². The van der Waals surface area contributed by atoms with Crippen LogP contribution < -0.4 is 4.74 Å². The zero-order valence-electron chi connectivity index (χ0n) is 19.9. The molecule has 34 heavy (non-hydrogen) atoms. The third-order valence-electron chi connectivity index (χ3n) is 5.77. The molecule has 0 fully saturated rings. The van der Waals surface area contributed by atoms with Crippen molar-refractivity contribution in [1.82, 2.24) is 0 Å². The van der Waals surface area contributed by atoms with Crippen LogP contribution in [0.4, 0.5) is 0 Å². The van der Waals surface area contributed by atoms with Crippen molar-refractivity contribution in [3.8, 4) is 5.75 Å². The number of unbranched alkanes of at least 4 members (excludes halogenated alkanes) is 6. The lowest BCUT2D eigenvalue weighted by atomic mass is 9.91. The van der Waals surface area contributed by atoms with Gasteiger partial charge < -0.3 is 9.47 Å². The quantitative estimate of drug-likeness (QED) is 0.0864. The van der Waals surface area contributed by atoms with Gasteiger partial charge in [-0.2, -0.15) is 0 Å². The van der Waals surface area contributed by atoms with Crippen LogP contribution in [0.25, 0.3) is 0 Å². The van der Waals surface area contributed by atoms with Crippen LogP contribution in [0.15, 0.2) is 57.5 Å². The summed E-state index contributed by atoms with van der Waals surface area (Å²) in [5, 5.41) is 9.66. The highest BCUT2D eigenvalue weighted by molar-refractivity contribution is 9.10. The molecule has 0 aliphatic heterocycles. The predicted molar refractivity (Wildman–Crippen MR) is 142 cm³/mol. The van der Waals surface area contributed by atoms with E-state index in [9.17, 15) is 10.1 Å². The van der Waals surface area contributed by atoms with Crippen LogP contribution in [0.3, 0.4) is 0 Å². The summed E-state index contributed by atoms with van der Waals surface area (Å²) >= 11 is 6.82. The number of ether oxygens (including phenoxy) is 2. The molecule has 7 heteroatoms. The summed E-state index contributed by atoms with van der Waals surface area (Å²) in [5.41, 5.74) is 0.984. The Morgan fingerprint density at radius 2 is 1.44 bits per heavy atom. The number of hydrogen-bond acceptors (Lipinski definition) is 5. The highest BCUT2D eigenvalue weighted by atomic mass is 79.9. The van der Waals surface area contributed by atoms with Gasteiger partial charge in [0, 0.05) is 15.4 Å². The third-order valence-corrected chi connectivity index (χ3v) is 6.82. The molecule has 2 atom stereocenters. The molecule has 0 aromatic heterocycles. The zero-order chi connectivity index (χ0) is 24.6. The molecule has 2 unspecified atom stereocenters. The van der Waals surface area contributed by atoms with Gasteiger partial charge in [0.2, 0.25) is 0 Å². The molecule has 2 rings (SSSR count). The van der Waals surface area contributed by atoms with Crippen molar-refractivity contribution in [1.29, 1.82) is 0 Å². The van der Waals surface area contributed by atoms with E-state index < -0.39 is 12.0 Å². The molecule has 0 bridgehead atoms. The Morgan fingerprint density at radius 1 is 0.853 bits per heavy atom. The molecule has 0 aliphatic rings. The van der Waals surface area contributed by atoms with Gasteiger partial charge in [0.15, 0.2) is 0 Å². The van der Waals surface area contributed by atoms with Crippen molar-refractivity contribution in [3.05, 3.63) is 63.0 Å². The Bertz CT molecular complexity index is 811. The third kappa shape index (κ3) is 11.3. The molecule has 0 amide bonds. The average molecular weight is 600 g/mol. The molecule has 0 radical (unpaired) electrons. The largest absolute Gasteiger partial charge is 0.490 e. The molecule has 0 heterocycles. The summed E-state index contributed by atoms with van der Waals surface area (Å²) < 4.78 is 13.1. The highest BCUT2D eigenvalue weighted by Crippen LogP contribution is 2.23. The lowest BCUT2D eigenvalue weighted by molar-refractivity contribution is -0.290. The highest BCUT2D eigenvalue weighted by Gasteiger charge is 2.31. The molecule has 2 aromatic carbocycles. The molecule has 188 valence electrons. The monoisotopic (exact) mass is 598 g/mol. The number of halogens is 2. The molecule has 5 nitrogen and oxygen atoms in total. The number of benzene rings is 2. The maximum absolute atomic E-state index is 13.0. The van der Waals surface area contributed by atoms with Gasteiger partial charge in [0.05, 0.1) is 5.92 Å². The van der Waals surface area contributed by atoms with E-state index in [0.717, 1.165) is 33.8 Å². The molecule has 0 aliphatic carbocycles. The first-order valence-corrected chi connectivity index (χ1v) is 13.7. The van der Waals surface area contributed by atoms with Crippen molar-refractivity contribution < 1.29 is 24.4 Å². The van der Waals surface area contributed by atoms with Crippen LogP contribution >= 0.6 is 31.9 Å². The minimum Gasteiger partial charge on any atom is -0.490 e. The number of carbonyl (C=O) groups excluding carboxylic acids is 1. The topological polar surface area (TPSA) is 65.0 Å². The van der Waals surface area contributed by atoms with Crippen molar-refractivity contribution >= 4 is 37.8 Å². The van der Waals surface area contributed by atoms with Gasteiger partial charge >= 0.3 is 5.97 Å². The maximum Gasteiger partial charge on any atom is 0.311 e. The normalized spacial score (nSPS) is 12.8. The van der Waals surface area contributed by atoms with Gasteiger partial charge in [-0.1, -0.05) is 95.9 Å². The maximum atomic E-state index is 13.0. The molecular formula is C27H36Br2O5. The number of rotatable bonds is 17. The minimum absolute atomic E-state index is 0.138. The Labute approximate surface area is 220 Å². The van der Waals surface area contributed by atoms with E-state index in [1.54, 1.807) is 0 Å². The summed E-state index contributed by atoms with van der Waals surface area (Å²) in [6.07, 6.45) is 8.44. The van der Waals surface area contributed by atoms with Crippen LogP contribution in [-0.4, -0.2) is 30.5 Å².